The zero-order valence-electron chi connectivity index (χ0n) is 4.13. The summed E-state index contributed by atoms with van der Waals surface area (Å²) in [6, 6.07) is 0. The van der Waals surface area contributed by atoms with Crippen LogP contribution in [0, 0.1) is 0 Å². The molecule has 0 fully saturated rings. The van der Waals surface area contributed by atoms with Gasteiger partial charge in [0, 0.05) is 19.4 Å². The molecule has 38 valence electrons. The van der Waals surface area contributed by atoms with Gasteiger partial charge in [-0.2, -0.15) is 0 Å². The van der Waals surface area contributed by atoms with Gasteiger partial charge in [0.25, 0.3) is 0 Å². The van der Waals surface area contributed by atoms with Crippen LogP contribution in [-0.4, -0.2) is 18.4 Å². The lowest BCUT2D eigenvalue weighted by Crippen LogP contribution is -2.29. The summed E-state index contributed by atoms with van der Waals surface area (Å²) in [7, 11) is 1.88. The maximum atomic E-state index is 3.82. The van der Waals surface area contributed by atoms with E-state index in [1.165, 1.54) is 0 Å². The highest BCUT2D eigenvalue weighted by atomic mass is 15.5. The Morgan fingerprint density at radius 2 is 2.57 bits per heavy atom. The Morgan fingerprint density at radius 1 is 1.71 bits per heavy atom. The van der Waals surface area contributed by atoms with Gasteiger partial charge in [-0.3, -0.25) is 5.01 Å². The lowest BCUT2D eigenvalue weighted by Gasteiger charge is -2.13. The van der Waals surface area contributed by atoms with Crippen molar-refractivity contribution < 1.29 is 0 Å². The summed E-state index contributed by atoms with van der Waals surface area (Å²) in [6.07, 6.45) is 5.15. The highest BCUT2D eigenvalue weighted by Crippen LogP contribution is 1.78. The minimum Gasteiger partial charge on any atom is -0.304 e. The summed E-state index contributed by atoms with van der Waals surface area (Å²) in [4.78, 5) is 3.82. The molecule has 3 nitrogen and oxygen atoms in total. The van der Waals surface area contributed by atoms with E-state index in [1.54, 1.807) is 23.7 Å². The van der Waals surface area contributed by atoms with Crippen LogP contribution in [0.25, 0.3) is 0 Å². The van der Waals surface area contributed by atoms with E-state index in [9.17, 15) is 0 Å². The molecule has 1 N–H and O–H groups in total. The highest BCUT2D eigenvalue weighted by Gasteiger charge is 1.84. The molecular formula is C4H7N3. The van der Waals surface area contributed by atoms with Crippen molar-refractivity contribution in [2.24, 2.45) is 4.99 Å². The van der Waals surface area contributed by atoms with Crippen LogP contribution in [0.1, 0.15) is 0 Å². The highest BCUT2D eigenvalue weighted by molar-refractivity contribution is 5.55. The van der Waals surface area contributed by atoms with Crippen molar-refractivity contribution in [3.8, 4) is 0 Å². The lowest BCUT2D eigenvalue weighted by molar-refractivity contribution is 0.440. The zero-order chi connectivity index (χ0) is 5.11. The third-order valence-corrected chi connectivity index (χ3v) is 0.679. The Kier molecular flexibility index (Phi) is 0.978. The Morgan fingerprint density at radius 3 is 2.86 bits per heavy atom. The van der Waals surface area contributed by atoms with E-state index < -0.39 is 0 Å². The van der Waals surface area contributed by atoms with Crippen LogP contribution in [0.15, 0.2) is 17.4 Å². The van der Waals surface area contributed by atoms with E-state index in [-0.39, 0.29) is 0 Å². The number of hydrazine groups is 1. The Balaban J connectivity index is 2.49. The average molecular weight is 97.1 g/mol. The van der Waals surface area contributed by atoms with Gasteiger partial charge >= 0.3 is 0 Å². The molecule has 0 bridgehead atoms. The minimum atomic E-state index is 1.69. The van der Waals surface area contributed by atoms with Crippen molar-refractivity contribution in [1.29, 1.82) is 0 Å². The molecule has 0 radical (unpaired) electrons. The number of nitrogens with one attached hydrogen (secondary N) is 1. The van der Waals surface area contributed by atoms with Gasteiger partial charge in [0.2, 0.25) is 0 Å². The van der Waals surface area contributed by atoms with E-state index in [0.717, 1.165) is 0 Å². The molecular weight excluding hydrogens is 90.1 g/mol. The molecule has 1 aliphatic heterocycles. The predicted molar refractivity (Wildman–Crippen MR) is 28.5 cm³/mol. The molecule has 1 rings (SSSR count). The summed E-state index contributed by atoms with van der Waals surface area (Å²) in [5.41, 5.74) is 2.89. The van der Waals surface area contributed by atoms with Gasteiger partial charge < -0.3 is 5.43 Å². The molecule has 0 aliphatic carbocycles. The SMILES string of the molecule is CN1C=NC=CN1. The first-order valence-electron chi connectivity index (χ1n) is 2.07. The summed E-state index contributed by atoms with van der Waals surface area (Å²) in [5, 5.41) is 1.76. The van der Waals surface area contributed by atoms with Gasteiger partial charge in [-0.05, 0) is 0 Å². The van der Waals surface area contributed by atoms with Gasteiger partial charge in [-0.15, -0.1) is 0 Å². The molecule has 0 saturated heterocycles. The summed E-state index contributed by atoms with van der Waals surface area (Å²) in [6.45, 7) is 0. The van der Waals surface area contributed by atoms with Gasteiger partial charge in [0.15, 0.2) is 0 Å². The maximum absolute atomic E-state index is 3.82. The molecule has 3 heteroatoms. The first-order chi connectivity index (χ1) is 3.39. The van der Waals surface area contributed by atoms with E-state index >= 15 is 0 Å². The summed E-state index contributed by atoms with van der Waals surface area (Å²) >= 11 is 0. The van der Waals surface area contributed by atoms with Crippen LogP contribution >= 0.6 is 0 Å². The molecule has 0 unspecified atom stereocenters. The van der Waals surface area contributed by atoms with Gasteiger partial charge in [-0.25, -0.2) is 4.99 Å². The van der Waals surface area contributed by atoms with E-state index in [1.807, 2.05) is 7.05 Å². The Labute approximate surface area is 42.3 Å². The molecule has 0 atom stereocenters. The monoisotopic (exact) mass is 97.1 g/mol. The number of aliphatic imine (C=N–C) groups is 1. The van der Waals surface area contributed by atoms with Crippen molar-refractivity contribution in [3.63, 3.8) is 0 Å². The van der Waals surface area contributed by atoms with Crippen LogP contribution in [0.4, 0.5) is 0 Å². The molecule has 1 aliphatic rings. The van der Waals surface area contributed by atoms with E-state index in [4.69, 9.17) is 0 Å². The van der Waals surface area contributed by atoms with Crippen molar-refractivity contribution in [2.45, 2.75) is 0 Å². The second kappa shape index (κ2) is 1.64. The van der Waals surface area contributed by atoms with E-state index in [2.05, 4.69) is 10.4 Å². The van der Waals surface area contributed by atoms with Crippen molar-refractivity contribution >= 4 is 6.34 Å². The standard InChI is InChI=1S/C4H7N3/c1-7-4-5-2-3-6-7/h2-4,6H,1H3. The second-order valence-corrected chi connectivity index (χ2v) is 1.32. The normalized spacial score (nSPS) is 17.0. The van der Waals surface area contributed by atoms with Crippen molar-refractivity contribution in [2.75, 3.05) is 7.05 Å². The fourth-order valence-electron chi connectivity index (χ4n) is 0.366. The molecule has 1 heterocycles. The molecule has 0 saturated carbocycles. The molecule has 7 heavy (non-hydrogen) atoms. The quantitative estimate of drug-likeness (QED) is 0.458. The van der Waals surface area contributed by atoms with Crippen LogP contribution in [0.3, 0.4) is 0 Å². The maximum Gasteiger partial charge on any atom is 0.109 e. The third kappa shape index (κ3) is 0.924. The largest absolute Gasteiger partial charge is 0.304 e. The predicted octanol–water partition coefficient (Wildman–Crippen LogP) is -0.0641. The number of hydrogen-bond acceptors (Lipinski definition) is 3. The van der Waals surface area contributed by atoms with Gasteiger partial charge in [-0.1, -0.05) is 0 Å². The smallest absolute Gasteiger partial charge is 0.109 e. The molecule has 0 amide bonds. The summed E-state index contributed by atoms with van der Waals surface area (Å²) in [5.74, 6) is 0. The number of rotatable bonds is 0. The average Bonchev–Trinajstić information content (AvgIpc) is 1.69. The number of nitrogens with zero attached hydrogens (tertiary/aromatic N) is 2. The first kappa shape index (κ1) is 4.18. The fourth-order valence-corrected chi connectivity index (χ4v) is 0.366. The second-order valence-electron chi connectivity index (χ2n) is 1.32. The minimum absolute atomic E-state index is 1.69. The third-order valence-electron chi connectivity index (χ3n) is 0.679. The first-order valence-corrected chi connectivity index (χ1v) is 2.07. The van der Waals surface area contributed by atoms with Gasteiger partial charge in [0.05, 0.1) is 0 Å². The molecule has 0 aromatic rings. The number of hydrogen-bond donors (Lipinski definition) is 1. The summed E-state index contributed by atoms with van der Waals surface area (Å²) < 4.78 is 0. The van der Waals surface area contributed by atoms with Crippen LogP contribution in [-0.2, 0) is 0 Å². The molecule has 0 aromatic carbocycles. The van der Waals surface area contributed by atoms with E-state index in [0.29, 0.717) is 0 Å². The fraction of sp³-hybridized carbons (Fsp3) is 0.250. The lowest BCUT2D eigenvalue weighted by atomic mass is 10.8. The van der Waals surface area contributed by atoms with Gasteiger partial charge in [0.1, 0.15) is 6.34 Å². The van der Waals surface area contributed by atoms with Crippen LogP contribution in [0.2, 0.25) is 0 Å². The van der Waals surface area contributed by atoms with Crippen LogP contribution in [0.5, 0.6) is 0 Å². The van der Waals surface area contributed by atoms with Crippen LogP contribution < -0.4 is 5.43 Å². The molecule has 0 spiro atoms. The Bertz CT molecular complexity index is 106. The van der Waals surface area contributed by atoms with Crippen molar-refractivity contribution in [3.05, 3.63) is 12.4 Å². The molecule has 0 aromatic heterocycles. The topological polar surface area (TPSA) is 27.6 Å². The zero-order valence-corrected chi connectivity index (χ0v) is 4.13. The Hall–Kier alpha value is -0.990. The van der Waals surface area contributed by atoms with Crippen molar-refractivity contribution in [1.82, 2.24) is 10.4 Å².